The Balaban J connectivity index is 1.23. The maximum atomic E-state index is 14.5. The molecule has 0 saturated heterocycles. The quantitative estimate of drug-likeness (QED) is 0.242. The lowest BCUT2D eigenvalue weighted by Gasteiger charge is -2.38. The molecule has 0 atom stereocenters. The molecule has 4 rings (SSSR count). The zero-order valence-corrected chi connectivity index (χ0v) is 21.1. The van der Waals surface area contributed by atoms with E-state index in [0.29, 0.717) is 18.1 Å². The van der Waals surface area contributed by atoms with Gasteiger partial charge in [0.1, 0.15) is 5.75 Å². The van der Waals surface area contributed by atoms with Gasteiger partial charge in [-0.2, -0.15) is 8.78 Å². The first-order valence-electron chi connectivity index (χ1n) is 13.6. The minimum absolute atomic E-state index is 0.410. The van der Waals surface area contributed by atoms with Crippen molar-refractivity contribution in [2.24, 2.45) is 23.7 Å². The molecule has 0 spiro atoms. The number of halogens is 5. The Labute approximate surface area is 211 Å². The van der Waals surface area contributed by atoms with Gasteiger partial charge in [-0.25, -0.2) is 13.2 Å². The predicted molar refractivity (Wildman–Crippen MR) is 131 cm³/mol. The first kappa shape index (κ1) is 26.9. The van der Waals surface area contributed by atoms with Gasteiger partial charge in [-0.15, -0.1) is 0 Å². The van der Waals surface area contributed by atoms with Crippen LogP contribution in [0, 0.1) is 41.1 Å². The van der Waals surface area contributed by atoms with Crippen molar-refractivity contribution in [3.8, 4) is 5.75 Å². The van der Waals surface area contributed by atoms with E-state index in [2.05, 4.69) is 11.7 Å². The Morgan fingerprint density at radius 1 is 0.750 bits per heavy atom. The van der Waals surface area contributed by atoms with Crippen LogP contribution < -0.4 is 4.74 Å². The Hall–Kier alpha value is -2.11. The summed E-state index contributed by atoms with van der Waals surface area (Å²) in [5.74, 6) is -2.22. The van der Waals surface area contributed by atoms with Gasteiger partial charge in [0.15, 0.2) is 17.5 Å². The summed E-state index contributed by atoms with van der Waals surface area (Å²) in [6, 6.07) is 6.67. The minimum atomic E-state index is -3.80. The number of alkyl halides is 2. The molecular formula is C30H37F5O. The lowest BCUT2D eigenvalue weighted by molar-refractivity contribution is -0.185. The van der Waals surface area contributed by atoms with E-state index in [0.717, 1.165) is 36.2 Å². The van der Waals surface area contributed by atoms with Crippen LogP contribution in [-0.4, -0.2) is 0 Å². The fourth-order valence-corrected chi connectivity index (χ4v) is 6.34. The Morgan fingerprint density at radius 3 is 1.75 bits per heavy atom. The van der Waals surface area contributed by atoms with E-state index < -0.39 is 34.9 Å². The average molecular weight is 509 g/mol. The molecule has 2 aromatic rings. The molecule has 2 aliphatic rings. The summed E-state index contributed by atoms with van der Waals surface area (Å²) >= 11 is 0. The molecule has 6 heteroatoms. The van der Waals surface area contributed by atoms with Gasteiger partial charge < -0.3 is 4.74 Å². The Kier molecular flexibility index (Phi) is 8.95. The smallest absolute Gasteiger partial charge is 0.426 e. The van der Waals surface area contributed by atoms with Crippen LogP contribution >= 0.6 is 0 Å². The summed E-state index contributed by atoms with van der Waals surface area (Å²) in [5.41, 5.74) is 0.551. The third-order valence-electron chi connectivity index (χ3n) is 8.48. The molecule has 36 heavy (non-hydrogen) atoms. The van der Waals surface area contributed by atoms with Crippen molar-refractivity contribution in [1.82, 2.24) is 0 Å². The standard InChI is InChI=1S/C30H37F5O/c1-2-3-20-6-12-23(13-7-20)24-14-8-21(9-15-24)4-5-22-10-16-25(17-11-22)30(34,35)36-26-18-27(31)29(33)28(32)19-26/h10-11,16-21,23-24H,2-9,12-15H2,1H3. The zero-order chi connectivity index (χ0) is 25.7. The van der Waals surface area contributed by atoms with Gasteiger partial charge in [-0.1, -0.05) is 57.6 Å². The van der Waals surface area contributed by atoms with Crippen molar-refractivity contribution in [3.05, 3.63) is 65.0 Å². The lowest BCUT2D eigenvalue weighted by Crippen LogP contribution is -2.26. The van der Waals surface area contributed by atoms with E-state index in [1.54, 1.807) is 12.1 Å². The first-order chi connectivity index (χ1) is 17.2. The molecule has 2 aliphatic carbocycles. The fraction of sp³-hybridized carbons (Fsp3) is 0.600. The summed E-state index contributed by atoms with van der Waals surface area (Å²) in [6.07, 6.45) is 11.6. The van der Waals surface area contributed by atoms with Crippen LogP contribution in [0.25, 0.3) is 0 Å². The molecule has 1 nitrogen and oxygen atoms in total. The molecule has 0 radical (unpaired) electrons. The van der Waals surface area contributed by atoms with Crippen molar-refractivity contribution in [2.45, 2.75) is 90.1 Å². The normalized spacial score (nSPS) is 25.1. The maximum absolute atomic E-state index is 14.5. The largest absolute Gasteiger partial charge is 0.429 e. The van der Waals surface area contributed by atoms with Crippen LogP contribution in [0.15, 0.2) is 36.4 Å². The van der Waals surface area contributed by atoms with Crippen LogP contribution in [0.3, 0.4) is 0 Å². The third kappa shape index (κ3) is 6.80. The van der Waals surface area contributed by atoms with E-state index in [9.17, 15) is 22.0 Å². The number of benzene rings is 2. The average Bonchev–Trinajstić information content (AvgIpc) is 2.87. The van der Waals surface area contributed by atoms with Crippen molar-refractivity contribution >= 4 is 0 Å². The summed E-state index contributed by atoms with van der Waals surface area (Å²) in [5, 5.41) is 0. The number of rotatable bonds is 9. The van der Waals surface area contributed by atoms with Crippen LogP contribution in [0.4, 0.5) is 22.0 Å². The Bertz CT molecular complexity index is 950. The summed E-state index contributed by atoms with van der Waals surface area (Å²) in [6.45, 7) is 2.29. The highest BCUT2D eigenvalue weighted by Crippen LogP contribution is 2.43. The number of aryl methyl sites for hydroxylation is 1. The van der Waals surface area contributed by atoms with E-state index in [1.165, 1.54) is 76.3 Å². The van der Waals surface area contributed by atoms with Gasteiger partial charge in [-0.3, -0.25) is 0 Å². The Morgan fingerprint density at radius 2 is 1.25 bits per heavy atom. The van der Waals surface area contributed by atoms with Gasteiger partial charge in [0, 0.05) is 12.1 Å². The van der Waals surface area contributed by atoms with Gasteiger partial charge in [-0.05, 0) is 79.9 Å². The zero-order valence-electron chi connectivity index (χ0n) is 21.1. The highest BCUT2D eigenvalue weighted by Gasteiger charge is 2.35. The van der Waals surface area contributed by atoms with Gasteiger partial charge in [0.05, 0.1) is 5.56 Å². The van der Waals surface area contributed by atoms with E-state index in [4.69, 9.17) is 0 Å². The number of ether oxygens (including phenoxy) is 1. The first-order valence-corrected chi connectivity index (χ1v) is 13.6. The molecule has 0 unspecified atom stereocenters. The second kappa shape index (κ2) is 12.0. The third-order valence-corrected chi connectivity index (χ3v) is 8.48. The molecule has 198 valence electrons. The monoisotopic (exact) mass is 508 g/mol. The van der Waals surface area contributed by atoms with Crippen LogP contribution in [-0.2, 0) is 12.5 Å². The van der Waals surface area contributed by atoms with Crippen molar-refractivity contribution in [1.29, 1.82) is 0 Å². The van der Waals surface area contributed by atoms with Crippen molar-refractivity contribution in [2.75, 3.05) is 0 Å². The molecule has 0 heterocycles. The molecular weight excluding hydrogens is 471 g/mol. The second-order valence-corrected chi connectivity index (χ2v) is 10.9. The highest BCUT2D eigenvalue weighted by molar-refractivity contribution is 5.29. The molecule has 0 N–H and O–H groups in total. The van der Waals surface area contributed by atoms with Gasteiger partial charge in [0.25, 0.3) is 0 Å². The van der Waals surface area contributed by atoms with Crippen LogP contribution in [0.1, 0.15) is 88.7 Å². The summed E-state index contributed by atoms with van der Waals surface area (Å²) in [4.78, 5) is 0. The van der Waals surface area contributed by atoms with E-state index in [-0.39, 0.29) is 0 Å². The molecule has 0 amide bonds. The molecule has 0 bridgehead atoms. The predicted octanol–water partition coefficient (Wildman–Crippen LogP) is 9.58. The van der Waals surface area contributed by atoms with E-state index >= 15 is 0 Å². The van der Waals surface area contributed by atoms with Crippen LogP contribution in [0.2, 0.25) is 0 Å². The summed E-state index contributed by atoms with van der Waals surface area (Å²) in [7, 11) is 0. The highest BCUT2D eigenvalue weighted by atomic mass is 19.3. The fourth-order valence-electron chi connectivity index (χ4n) is 6.34. The topological polar surface area (TPSA) is 9.23 Å². The molecule has 2 aromatic carbocycles. The summed E-state index contributed by atoms with van der Waals surface area (Å²) < 4.78 is 73.2. The maximum Gasteiger partial charge on any atom is 0.426 e. The van der Waals surface area contributed by atoms with E-state index in [1.807, 2.05) is 0 Å². The SMILES string of the molecule is CCCC1CCC(C2CCC(CCc3ccc(C(F)(F)Oc4cc(F)c(F)c(F)c4)cc3)CC2)CC1. The number of hydrogen-bond acceptors (Lipinski definition) is 1. The number of hydrogen-bond donors (Lipinski definition) is 0. The van der Waals surface area contributed by atoms with Gasteiger partial charge >= 0.3 is 6.11 Å². The van der Waals surface area contributed by atoms with Crippen molar-refractivity contribution < 1.29 is 26.7 Å². The molecule has 0 aromatic heterocycles. The van der Waals surface area contributed by atoms with Crippen LogP contribution in [0.5, 0.6) is 5.75 Å². The molecule has 2 saturated carbocycles. The lowest BCUT2D eigenvalue weighted by atomic mass is 9.68. The molecule has 0 aliphatic heterocycles. The second-order valence-electron chi connectivity index (χ2n) is 10.9. The molecule has 2 fully saturated rings. The van der Waals surface area contributed by atoms with Crippen molar-refractivity contribution in [3.63, 3.8) is 0 Å². The van der Waals surface area contributed by atoms with Gasteiger partial charge in [0.2, 0.25) is 0 Å². The minimum Gasteiger partial charge on any atom is -0.429 e.